The molecule has 2 aromatic carbocycles. The summed E-state index contributed by atoms with van der Waals surface area (Å²) < 4.78 is 2.22. The highest BCUT2D eigenvalue weighted by Gasteiger charge is 2.32. The number of rotatable bonds is 3. The Morgan fingerprint density at radius 1 is 1.00 bits per heavy atom. The van der Waals surface area contributed by atoms with Crippen molar-refractivity contribution in [3.05, 3.63) is 71.9 Å². The average Bonchev–Trinajstić information content (AvgIpc) is 3.09. The number of fused-ring (bicyclic) bond motifs is 1. The molecule has 4 rings (SSSR count). The lowest BCUT2D eigenvalue weighted by Crippen LogP contribution is -2.28. The Kier molecular flexibility index (Phi) is 3.68. The van der Waals surface area contributed by atoms with Crippen molar-refractivity contribution in [1.29, 1.82) is 0 Å². The van der Waals surface area contributed by atoms with Crippen LogP contribution in [-0.4, -0.2) is 28.6 Å². The summed E-state index contributed by atoms with van der Waals surface area (Å²) in [7, 11) is 2.12. The maximum atomic E-state index is 6.50. The van der Waals surface area contributed by atoms with E-state index in [1.807, 2.05) is 0 Å². The summed E-state index contributed by atoms with van der Waals surface area (Å²) in [5.41, 5.74) is 10.5. The minimum absolute atomic E-state index is 0.199. The Morgan fingerprint density at radius 3 is 2.57 bits per heavy atom. The van der Waals surface area contributed by atoms with Gasteiger partial charge in [-0.05, 0) is 17.2 Å². The van der Waals surface area contributed by atoms with Gasteiger partial charge < -0.3 is 10.3 Å². The number of hydrogen-bond donors (Lipinski definition) is 1. The molecule has 1 aromatic heterocycles. The molecule has 0 radical (unpaired) electrons. The molecule has 2 heterocycles. The SMILES string of the molecule is Cn1cc([C@H]2CN(Cc3ccccc3)C[C@@H]2N)c2ccccc21. The van der Waals surface area contributed by atoms with Gasteiger partial charge in [-0.3, -0.25) is 4.90 Å². The second-order valence-electron chi connectivity index (χ2n) is 6.66. The van der Waals surface area contributed by atoms with Crippen molar-refractivity contribution in [2.24, 2.45) is 12.8 Å². The van der Waals surface area contributed by atoms with E-state index < -0.39 is 0 Å². The van der Waals surface area contributed by atoms with Gasteiger partial charge in [-0.15, -0.1) is 0 Å². The van der Waals surface area contributed by atoms with Gasteiger partial charge in [0.05, 0.1) is 0 Å². The smallest absolute Gasteiger partial charge is 0.0480 e. The molecule has 2 N–H and O–H groups in total. The molecule has 3 heteroatoms. The Hall–Kier alpha value is -2.10. The van der Waals surface area contributed by atoms with E-state index >= 15 is 0 Å². The van der Waals surface area contributed by atoms with E-state index in [0.29, 0.717) is 5.92 Å². The van der Waals surface area contributed by atoms with Crippen LogP contribution in [0.15, 0.2) is 60.8 Å². The Morgan fingerprint density at radius 2 is 1.74 bits per heavy atom. The number of likely N-dealkylation sites (tertiary alicyclic amines) is 1. The summed E-state index contributed by atoms with van der Waals surface area (Å²) in [6, 6.07) is 19.5. The zero-order valence-electron chi connectivity index (χ0n) is 13.5. The lowest BCUT2D eigenvalue weighted by Gasteiger charge is -2.15. The normalized spacial score (nSPS) is 22.0. The van der Waals surface area contributed by atoms with Gasteiger partial charge in [-0.2, -0.15) is 0 Å². The van der Waals surface area contributed by atoms with Crippen LogP contribution in [0.2, 0.25) is 0 Å². The first kappa shape index (κ1) is 14.5. The van der Waals surface area contributed by atoms with Crippen molar-refractivity contribution in [1.82, 2.24) is 9.47 Å². The zero-order valence-corrected chi connectivity index (χ0v) is 13.5. The number of aryl methyl sites for hydroxylation is 1. The predicted octanol–water partition coefficient (Wildman–Crippen LogP) is 3.11. The molecular weight excluding hydrogens is 282 g/mol. The summed E-state index contributed by atoms with van der Waals surface area (Å²) in [6.07, 6.45) is 2.27. The molecule has 0 bridgehead atoms. The Bertz CT molecular complexity index is 806. The molecule has 118 valence electrons. The maximum Gasteiger partial charge on any atom is 0.0480 e. The van der Waals surface area contributed by atoms with Crippen molar-refractivity contribution in [3.8, 4) is 0 Å². The molecule has 1 saturated heterocycles. The molecule has 2 atom stereocenters. The van der Waals surface area contributed by atoms with Crippen LogP contribution in [0.1, 0.15) is 17.0 Å². The number of nitrogens with two attached hydrogens (primary N) is 1. The van der Waals surface area contributed by atoms with E-state index in [0.717, 1.165) is 19.6 Å². The summed E-state index contributed by atoms with van der Waals surface area (Å²) in [4.78, 5) is 2.48. The molecule has 0 saturated carbocycles. The van der Waals surface area contributed by atoms with E-state index in [-0.39, 0.29) is 6.04 Å². The van der Waals surface area contributed by atoms with Crippen LogP contribution in [0.5, 0.6) is 0 Å². The number of para-hydroxylation sites is 1. The first-order valence-electron chi connectivity index (χ1n) is 8.28. The highest BCUT2D eigenvalue weighted by atomic mass is 15.2. The summed E-state index contributed by atoms with van der Waals surface area (Å²) in [5.74, 6) is 0.407. The number of nitrogens with zero attached hydrogens (tertiary/aromatic N) is 2. The standard InChI is InChI=1S/C20H23N3/c1-22-12-17(16-9-5-6-10-20(16)22)18-13-23(14-19(18)21)11-15-7-3-2-4-8-15/h2-10,12,18-19H,11,13-14,21H2,1H3/t18-,19+/m1/s1. The van der Waals surface area contributed by atoms with Crippen LogP contribution in [0.25, 0.3) is 10.9 Å². The van der Waals surface area contributed by atoms with Crippen LogP contribution in [-0.2, 0) is 13.6 Å². The Labute approximate surface area is 137 Å². The fourth-order valence-corrected chi connectivity index (χ4v) is 3.88. The van der Waals surface area contributed by atoms with Crippen LogP contribution in [0.4, 0.5) is 0 Å². The molecule has 23 heavy (non-hydrogen) atoms. The largest absolute Gasteiger partial charge is 0.350 e. The van der Waals surface area contributed by atoms with Crippen molar-refractivity contribution >= 4 is 10.9 Å². The number of benzene rings is 2. The summed E-state index contributed by atoms with van der Waals surface area (Å²) >= 11 is 0. The van der Waals surface area contributed by atoms with Crippen molar-refractivity contribution in [2.75, 3.05) is 13.1 Å². The third-order valence-electron chi connectivity index (χ3n) is 5.02. The number of aromatic nitrogens is 1. The molecule has 1 aliphatic heterocycles. The monoisotopic (exact) mass is 305 g/mol. The molecule has 0 spiro atoms. The minimum Gasteiger partial charge on any atom is -0.350 e. The summed E-state index contributed by atoms with van der Waals surface area (Å²) in [5, 5.41) is 1.34. The third-order valence-corrected chi connectivity index (χ3v) is 5.02. The second-order valence-corrected chi connectivity index (χ2v) is 6.66. The van der Waals surface area contributed by atoms with Crippen LogP contribution >= 0.6 is 0 Å². The van der Waals surface area contributed by atoms with Gasteiger partial charge in [-0.1, -0.05) is 48.5 Å². The van der Waals surface area contributed by atoms with Gasteiger partial charge in [0, 0.05) is 55.7 Å². The van der Waals surface area contributed by atoms with E-state index in [9.17, 15) is 0 Å². The van der Waals surface area contributed by atoms with Gasteiger partial charge in [0.15, 0.2) is 0 Å². The fourth-order valence-electron chi connectivity index (χ4n) is 3.88. The average molecular weight is 305 g/mol. The van der Waals surface area contributed by atoms with Crippen molar-refractivity contribution < 1.29 is 0 Å². The van der Waals surface area contributed by atoms with Gasteiger partial charge in [-0.25, -0.2) is 0 Å². The molecule has 0 amide bonds. The van der Waals surface area contributed by atoms with E-state index in [4.69, 9.17) is 5.73 Å². The fraction of sp³-hybridized carbons (Fsp3) is 0.300. The topological polar surface area (TPSA) is 34.2 Å². The first-order chi connectivity index (χ1) is 11.2. The zero-order chi connectivity index (χ0) is 15.8. The molecule has 1 aliphatic rings. The lowest BCUT2D eigenvalue weighted by molar-refractivity contribution is 0.324. The maximum absolute atomic E-state index is 6.50. The van der Waals surface area contributed by atoms with E-state index in [2.05, 4.69) is 77.3 Å². The molecule has 0 unspecified atom stereocenters. The van der Waals surface area contributed by atoms with Gasteiger partial charge in [0.2, 0.25) is 0 Å². The minimum atomic E-state index is 0.199. The molecule has 0 aliphatic carbocycles. The predicted molar refractivity (Wildman–Crippen MR) is 95.4 cm³/mol. The highest BCUT2D eigenvalue weighted by molar-refractivity contribution is 5.84. The van der Waals surface area contributed by atoms with E-state index in [1.165, 1.54) is 22.0 Å². The second kappa shape index (κ2) is 5.84. The van der Waals surface area contributed by atoms with Gasteiger partial charge >= 0.3 is 0 Å². The van der Waals surface area contributed by atoms with Gasteiger partial charge in [0.1, 0.15) is 0 Å². The molecular formula is C20H23N3. The summed E-state index contributed by atoms with van der Waals surface area (Å²) in [6.45, 7) is 2.97. The van der Waals surface area contributed by atoms with Crippen molar-refractivity contribution in [2.45, 2.75) is 18.5 Å². The van der Waals surface area contributed by atoms with Crippen LogP contribution in [0, 0.1) is 0 Å². The quantitative estimate of drug-likeness (QED) is 0.807. The van der Waals surface area contributed by atoms with Crippen LogP contribution < -0.4 is 5.73 Å². The van der Waals surface area contributed by atoms with Crippen molar-refractivity contribution in [3.63, 3.8) is 0 Å². The Balaban J connectivity index is 1.60. The van der Waals surface area contributed by atoms with Gasteiger partial charge in [0.25, 0.3) is 0 Å². The molecule has 3 aromatic rings. The van der Waals surface area contributed by atoms with E-state index in [1.54, 1.807) is 0 Å². The first-order valence-corrected chi connectivity index (χ1v) is 8.28. The lowest BCUT2D eigenvalue weighted by atomic mass is 9.94. The number of hydrogen-bond acceptors (Lipinski definition) is 2. The third kappa shape index (κ3) is 2.67. The highest BCUT2D eigenvalue weighted by Crippen LogP contribution is 2.33. The molecule has 3 nitrogen and oxygen atoms in total. The molecule has 1 fully saturated rings. The van der Waals surface area contributed by atoms with Crippen LogP contribution in [0.3, 0.4) is 0 Å².